The van der Waals surface area contributed by atoms with E-state index in [0.29, 0.717) is 18.7 Å². The predicted molar refractivity (Wildman–Crippen MR) is 86.8 cm³/mol. The first-order valence-corrected chi connectivity index (χ1v) is 7.95. The van der Waals surface area contributed by atoms with Gasteiger partial charge in [0.1, 0.15) is 5.82 Å². The van der Waals surface area contributed by atoms with Crippen molar-refractivity contribution in [3.63, 3.8) is 0 Å². The first kappa shape index (κ1) is 15.5. The van der Waals surface area contributed by atoms with Crippen molar-refractivity contribution in [2.45, 2.75) is 39.7 Å². The number of aryl methyl sites for hydroxylation is 2. The summed E-state index contributed by atoms with van der Waals surface area (Å²) in [5, 5.41) is 0. The van der Waals surface area contributed by atoms with E-state index in [1.54, 1.807) is 23.6 Å². The van der Waals surface area contributed by atoms with Crippen molar-refractivity contribution in [3.05, 3.63) is 62.8 Å². The zero-order chi connectivity index (χ0) is 16.4. The maximum absolute atomic E-state index is 12.6. The molecule has 0 radical (unpaired) electrons. The second-order valence-corrected chi connectivity index (χ2v) is 5.75. The van der Waals surface area contributed by atoms with Gasteiger partial charge in [-0.1, -0.05) is 12.1 Å². The number of carbonyl (C=O) groups is 1. The molecule has 0 saturated heterocycles. The van der Waals surface area contributed by atoms with Gasteiger partial charge in [0.2, 0.25) is 0 Å². The summed E-state index contributed by atoms with van der Waals surface area (Å²) >= 11 is 0. The van der Waals surface area contributed by atoms with Crippen LogP contribution in [0.4, 0.5) is 0 Å². The summed E-state index contributed by atoms with van der Waals surface area (Å²) in [4.78, 5) is 28.8. The van der Waals surface area contributed by atoms with Gasteiger partial charge in [-0.3, -0.25) is 9.36 Å². The van der Waals surface area contributed by atoms with Crippen LogP contribution in [0.5, 0.6) is 0 Å². The summed E-state index contributed by atoms with van der Waals surface area (Å²) in [5.74, 6) is 0.414. The minimum Gasteiger partial charge on any atom is -0.462 e. The van der Waals surface area contributed by atoms with Crippen LogP contribution in [0, 0.1) is 6.92 Å². The van der Waals surface area contributed by atoms with E-state index in [1.165, 1.54) is 0 Å². The third-order valence-electron chi connectivity index (χ3n) is 4.19. The van der Waals surface area contributed by atoms with Gasteiger partial charge in [-0.2, -0.15) is 0 Å². The van der Waals surface area contributed by atoms with Crippen molar-refractivity contribution in [1.29, 1.82) is 0 Å². The van der Waals surface area contributed by atoms with Crippen LogP contribution in [-0.2, 0) is 24.1 Å². The fraction of sp³-hybridized carbons (Fsp3) is 0.389. The lowest BCUT2D eigenvalue weighted by Gasteiger charge is -2.12. The fourth-order valence-corrected chi connectivity index (χ4v) is 2.98. The van der Waals surface area contributed by atoms with Crippen molar-refractivity contribution in [2.75, 3.05) is 6.61 Å². The topological polar surface area (TPSA) is 61.2 Å². The Morgan fingerprint density at radius 1 is 1.26 bits per heavy atom. The van der Waals surface area contributed by atoms with Crippen LogP contribution >= 0.6 is 0 Å². The molecule has 1 aliphatic rings. The van der Waals surface area contributed by atoms with Gasteiger partial charge in [-0.15, -0.1) is 0 Å². The van der Waals surface area contributed by atoms with Crippen LogP contribution < -0.4 is 5.56 Å². The summed E-state index contributed by atoms with van der Waals surface area (Å²) in [5.41, 5.74) is 3.37. The number of aromatic nitrogens is 2. The van der Waals surface area contributed by atoms with E-state index in [9.17, 15) is 9.59 Å². The molecule has 23 heavy (non-hydrogen) atoms. The molecule has 120 valence electrons. The normalized spacial score (nSPS) is 13.0. The predicted octanol–water partition coefficient (Wildman–Crippen LogP) is 2.27. The lowest BCUT2D eigenvalue weighted by atomic mass is 10.1. The number of hydrogen-bond donors (Lipinski definition) is 0. The molecule has 0 saturated carbocycles. The van der Waals surface area contributed by atoms with Crippen molar-refractivity contribution in [3.8, 4) is 0 Å². The Labute approximate surface area is 134 Å². The second-order valence-electron chi connectivity index (χ2n) is 5.75. The average molecular weight is 312 g/mol. The van der Waals surface area contributed by atoms with Crippen molar-refractivity contribution < 1.29 is 9.53 Å². The van der Waals surface area contributed by atoms with Crippen LogP contribution in [0.3, 0.4) is 0 Å². The molecule has 0 N–H and O–H groups in total. The Bertz CT molecular complexity index is 791. The van der Waals surface area contributed by atoms with Crippen LogP contribution in [0.25, 0.3) is 0 Å². The van der Waals surface area contributed by atoms with E-state index >= 15 is 0 Å². The maximum Gasteiger partial charge on any atom is 0.338 e. The van der Waals surface area contributed by atoms with E-state index in [2.05, 4.69) is 4.98 Å². The number of benzene rings is 1. The molecule has 0 unspecified atom stereocenters. The summed E-state index contributed by atoms with van der Waals surface area (Å²) in [6.07, 6.45) is 2.74. The Hall–Kier alpha value is -2.43. The van der Waals surface area contributed by atoms with Crippen LogP contribution in [0.1, 0.15) is 46.3 Å². The van der Waals surface area contributed by atoms with E-state index in [-0.39, 0.29) is 11.5 Å². The van der Waals surface area contributed by atoms with Crippen LogP contribution in [-0.4, -0.2) is 22.1 Å². The van der Waals surface area contributed by atoms with E-state index in [0.717, 1.165) is 41.9 Å². The fourth-order valence-electron chi connectivity index (χ4n) is 2.98. The van der Waals surface area contributed by atoms with Gasteiger partial charge in [0.25, 0.3) is 5.56 Å². The SMILES string of the molecule is CCOC(=O)c1ccc(Cn2c(C)nc3c(c2=O)CCC3)cc1. The molecular formula is C18H20N2O3. The van der Waals surface area contributed by atoms with Crippen LogP contribution in [0.15, 0.2) is 29.1 Å². The molecule has 1 aromatic heterocycles. The Kier molecular flexibility index (Phi) is 4.28. The number of esters is 1. The second kappa shape index (κ2) is 6.36. The smallest absolute Gasteiger partial charge is 0.338 e. The number of rotatable bonds is 4. The van der Waals surface area contributed by atoms with Crippen molar-refractivity contribution >= 4 is 5.97 Å². The molecule has 0 atom stereocenters. The molecule has 0 amide bonds. The number of nitrogens with zero attached hydrogens (tertiary/aromatic N) is 2. The highest BCUT2D eigenvalue weighted by molar-refractivity contribution is 5.89. The number of fused-ring (bicyclic) bond motifs is 1. The molecule has 0 spiro atoms. The minimum absolute atomic E-state index is 0.0690. The van der Waals surface area contributed by atoms with E-state index < -0.39 is 0 Å². The molecule has 1 aromatic carbocycles. The lowest BCUT2D eigenvalue weighted by Crippen LogP contribution is -2.27. The molecule has 1 aliphatic carbocycles. The van der Waals surface area contributed by atoms with Crippen molar-refractivity contribution in [1.82, 2.24) is 9.55 Å². The lowest BCUT2D eigenvalue weighted by molar-refractivity contribution is 0.0526. The van der Waals surface area contributed by atoms with E-state index in [4.69, 9.17) is 4.74 Å². The number of hydrogen-bond acceptors (Lipinski definition) is 4. The Balaban J connectivity index is 1.86. The average Bonchev–Trinajstić information content (AvgIpc) is 3.00. The summed E-state index contributed by atoms with van der Waals surface area (Å²) in [6.45, 7) is 4.47. The summed E-state index contributed by atoms with van der Waals surface area (Å²) < 4.78 is 6.68. The van der Waals surface area contributed by atoms with Gasteiger partial charge in [-0.25, -0.2) is 9.78 Å². The molecule has 2 aromatic rings. The van der Waals surface area contributed by atoms with Crippen molar-refractivity contribution in [2.24, 2.45) is 0 Å². The first-order valence-electron chi connectivity index (χ1n) is 7.95. The molecule has 1 heterocycles. The third-order valence-corrected chi connectivity index (χ3v) is 4.19. The van der Waals surface area contributed by atoms with E-state index in [1.807, 2.05) is 19.1 Å². The number of ether oxygens (including phenoxy) is 1. The highest BCUT2D eigenvalue weighted by Gasteiger charge is 2.19. The Morgan fingerprint density at radius 3 is 2.70 bits per heavy atom. The van der Waals surface area contributed by atoms with Crippen LogP contribution in [0.2, 0.25) is 0 Å². The van der Waals surface area contributed by atoms with Gasteiger partial charge < -0.3 is 4.74 Å². The minimum atomic E-state index is -0.327. The molecule has 0 bridgehead atoms. The molecule has 0 fully saturated rings. The molecule has 3 rings (SSSR count). The molecule has 5 nitrogen and oxygen atoms in total. The molecule has 0 aliphatic heterocycles. The quantitative estimate of drug-likeness (QED) is 0.813. The van der Waals surface area contributed by atoms with Gasteiger partial charge in [0, 0.05) is 5.56 Å². The maximum atomic E-state index is 12.6. The summed E-state index contributed by atoms with van der Waals surface area (Å²) in [6, 6.07) is 7.17. The molecular weight excluding hydrogens is 292 g/mol. The van der Waals surface area contributed by atoms with Gasteiger partial charge in [0.05, 0.1) is 24.4 Å². The highest BCUT2D eigenvalue weighted by atomic mass is 16.5. The third kappa shape index (κ3) is 3.04. The monoisotopic (exact) mass is 312 g/mol. The Morgan fingerprint density at radius 2 is 2.00 bits per heavy atom. The molecule has 5 heteroatoms. The zero-order valence-corrected chi connectivity index (χ0v) is 13.5. The zero-order valence-electron chi connectivity index (χ0n) is 13.5. The number of carbonyl (C=O) groups excluding carboxylic acids is 1. The summed E-state index contributed by atoms with van der Waals surface area (Å²) in [7, 11) is 0. The standard InChI is InChI=1S/C18H20N2O3/c1-3-23-18(22)14-9-7-13(8-10-14)11-20-12(2)19-16-6-4-5-15(16)17(20)21/h7-10H,3-6,11H2,1-2H3. The van der Waals surface area contributed by atoms with Gasteiger partial charge in [0.15, 0.2) is 0 Å². The van der Waals surface area contributed by atoms with Gasteiger partial charge >= 0.3 is 5.97 Å². The van der Waals surface area contributed by atoms with Gasteiger partial charge in [-0.05, 0) is 50.8 Å². The highest BCUT2D eigenvalue weighted by Crippen LogP contribution is 2.17. The largest absolute Gasteiger partial charge is 0.462 e. The first-order chi connectivity index (χ1) is 11.1.